The fourth-order valence-electron chi connectivity index (χ4n) is 1.41. The van der Waals surface area contributed by atoms with E-state index in [1.165, 1.54) is 12.5 Å². The van der Waals surface area contributed by atoms with E-state index in [0.717, 1.165) is 5.56 Å². The summed E-state index contributed by atoms with van der Waals surface area (Å²) < 4.78 is 17.7. The van der Waals surface area contributed by atoms with Gasteiger partial charge in [-0.3, -0.25) is 0 Å². The second-order valence-electron chi connectivity index (χ2n) is 3.49. The first-order chi connectivity index (χ1) is 8.27. The SMILES string of the molecule is Fc1cccc(CNCCc2ncon2)c1Cl. The topological polar surface area (TPSA) is 51.0 Å². The monoisotopic (exact) mass is 255 g/mol. The molecule has 1 heterocycles. The number of aromatic nitrogens is 2. The third-order valence-electron chi connectivity index (χ3n) is 2.28. The highest BCUT2D eigenvalue weighted by Crippen LogP contribution is 2.19. The summed E-state index contributed by atoms with van der Waals surface area (Å²) in [7, 11) is 0. The molecule has 1 N–H and O–H groups in total. The van der Waals surface area contributed by atoms with Crippen LogP contribution in [-0.2, 0) is 13.0 Å². The lowest BCUT2D eigenvalue weighted by Gasteiger charge is -2.05. The van der Waals surface area contributed by atoms with E-state index in [-0.39, 0.29) is 5.02 Å². The van der Waals surface area contributed by atoms with E-state index in [4.69, 9.17) is 11.6 Å². The molecule has 17 heavy (non-hydrogen) atoms. The summed E-state index contributed by atoms with van der Waals surface area (Å²) in [5, 5.41) is 6.98. The van der Waals surface area contributed by atoms with Crippen LogP contribution in [0.5, 0.6) is 0 Å². The van der Waals surface area contributed by atoms with Crippen LogP contribution in [0.4, 0.5) is 4.39 Å². The molecule has 0 saturated heterocycles. The number of nitrogens with zero attached hydrogens (tertiary/aromatic N) is 2. The minimum Gasteiger partial charge on any atom is -0.343 e. The van der Waals surface area contributed by atoms with Gasteiger partial charge in [-0.2, -0.15) is 4.98 Å². The molecule has 2 aromatic rings. The molecule has 0 fully saturated rings. The maximum absolute atomic E-state index is 13.1. The van der Waals surface area contributed by atoms with Gasteiger partial charge in [-0.15, -0.1) is 0 Å². The summed E-state index contributed by atoms with van der Waals surface area (Å²) >= 11 is 5.82. The van der Waals surface area contributed by atoms with Gasteiger partial charge >= 0.3 is 0 Å². The molecule has 0 atom stereocenters. The largest absolute Gasteiger partial charge is 0.343 e. The van der Waals surface area contributed by atoms with Crippen molar-refractivity contribution in [2.24, 2.45) is 0 Å². The lowest BCUT2D eigenvalue weighted by atomic mass is 10.2. The Balaban J connectivity index is 1.80. The average molecular weight is 256 g/mol. The van der Waals surface area contributed by atoms with Crippen molar-refractivity contribution in [3.05, 3.63) is 46.8 Å². The zero-order chi connectivity index (χ0) is 12.1. The second kappa shape index (κ2) is 5.75. The maximum Gasteiger partial charge on any atom is 0.213 e. The van der Waals surface area contributed by atoms with Crippen LogP contribution in [0.2, 0.25) is 5.02 Å². The van der Waals surface area contributed by atoms with Gasteiger partial charge in [0.2, 0.25) is 6.39 Å². The highest BCUT2D eigenvalue weighted by molar-refractivity contribution is 6.31. The number of benzene rings is 1. The predicted molar refractivity (Wildman–Crippen MR) is 61.1 cm³/mol. The van der Waals surface area contributed by atoms with Crippen molar-refractivity contribution in [1.29, 1.82) is 0 Å². The van der Waals surface area contributed by atoms with Gasteiger partial charge in [0.05, 0.1) is 5.02 Å². The Kier molecular flexibility index (Phi) is 4.06. The Bertz CT molecular complexity index is 476. The normalized spacial score (nSPS) is 10.7. The van der Waals surface area contributed by atoms with E-state index < -0.39 is 5.82 Å². The second-order valence-corrected chi connectivity index (χ2v) is 3.87. The van der Waals surface area contributed by atoms with Crippen molar-refractivity contribution in [3.8, 4) is 0 Å². The Labute approximate surface area is 103 Å². The minimum absolute atomic E-state index is 0.166. The molecule has 90 valence electrons. The summed E-state index contributed by atoms with van der Waals surface area (Å²) in [4.78, 5) is 3.89. The van der Waals surface area contributed by atoms with Crippen LogP contribution < -0.4 is 5.32 Å². The molecule has 6 heteroatoms. The van der Waals surface area contributed by atoms with Gasteiger partial charge in [-0.05, 0) is 11.6 Å². The zero-order valence-corrected chi connectivity index (χ0v) is 9.75. The molecule has 0 aliphatic heterocycles. The van der Waals surface area contributed by atoms with Gasteiger partial charge in [-0.1, -0.05) is 28.9 Å². The van der Waals surface area contributed by atoms with Crippen molar-refractivity contribution in [2.45, 2.75) is 13.0 Å². The number of hydrogen-bond donors (Lipinski definition) is 1. The van der Waals surface area contributed by atoms with Gasteiger partial charge in [0.15, 0.2) is 5.82 Å². The summed E-state index contributed by atoms with van der Waals surface area (Å²) in [6.45, 7) is 1.18. The maximum atomic E-state index is 13.1. The summed E-state index contributed by atoms with van der Waals surface area (Å²) in [6.07, 6.45) is 1.95. The van der Waals surface area contributed by atoms with E-state index in [1.54, 1.807) is 12.1 Å². The van der Waals surface area contributed by atoms with E-state index in [2.05, 4.69) is 20.0 Å². The molecule has 1 aromatic carbocycles. The van der Waals surface area contributed by atoms with Crippen molar-refractivity contribution >= 4 is 11.6 Å². The third kappa shape index (κ3) is 3.25. The van der Waals surface area contributed by atoms with Gasteiger partial charge in [0, 0.05) is 19.5 Å². The van der Waals surface area contributed by atoms with Crippen LogP contribution in [0, 0.1) is 5.82 Å². The fraction of sp³-hybridized carbons (Fsp3) is 0.273. The summed E-state index contributed by atoms with van der Waals surface area (Å²) in [6, 6.07) is 4.76. The highest BCUT2D eigenvalue weighted by atomic mass is 35.5. The Morgan fingerprint density at radius 1 is 1.41 bits per heavy atom. The molecule has 0 unspecified atom stereocenters. The van der Waals surface area contributed by atoms with Gasteiger partial charge in [-0.25, -0.2) is 4.39 Å². The van der Waals surface area contributed by atoms with Crippen molar-refractivity contribution in [1.82, 2.24) is 15.5 Å². The van der Waals surface area contributed by atoms with Crippen LogP contribution in [0.15, 0.2) is 29.1 Å². The van der Waals surface area contributed by atoms with Crippen LogP contribution >= 0.6 is 11.6 Å². The zero-order valence-electron chi connectivity index (χ0n) is 8.99. The van der Waals surface area contributed by atoms with Crippen LogP contribution in [0.25, 0.3) is 0 Å². The first-order valence-corrected chi connectivity index (χ1v) is 5.54. The molecule has 0 aliphatic carbocycles. The van der Waals surface area contributed by atoms with E-state index in [9.17, 15) is 4.39 Å². The molecule has 0 bridgehead atoms. The smallest absolute Gasteiger partial charge is 0.213 e. The Morgan fingerprint density at radius 3 is 3.06 bits per heavy atom. The fourth-order valence-corrected chi connectivity index (χ4v) is 1.60. The standard InChI is InChI=1S/C11H11ClFN3O/c12-11-8(2-1-3-9(11)13)6-14-5-4-10-15-7-17-16-10/h1-3,7,14H,4-6H2. The lowest BCUT2D eigenvalue weighted by molar-refractivity contribution is 0.409. The van der Waals surface area contributed by atoms with E-state index in [0.29, 0.717) is 25.3 Å². The molecular formula is C11H11ClFN3O. The van der Waals surface area contributed by atoms with E-state index >= 15 is 0 Å². The predicted octanol–water partition coefficient (Wildman–Crippen LogP) is 2.19. The number of hydrogen-bond acceptors (Lipinski definition) is 4. The first kappa shape index (κ1) is 12.0. The highest BCUT2D eigenvalue weighted by Gasteiger charge is 2.05. The lowest BCUT2D eigenvalue weighted by Crippen LogP contribution is -2.17. The minimum atomic E-state index is -0.399. The Morgan fingerprint density at radius 2 is 2.29 bits per heavy atom. The van der Waals surface area contributed by atoms with Crippen LogP contribution in [0.1, 0.15) is 11.4 Å². The quantitative estimate of drug-likeness (QED) is 0.832. The van der Waals surface area contributed by atoms with Crippen molar-refractivity contribution in [2.75, 3.05) is 6.54 Å². The van der Waals surface area contributed by atoms with Crippen LogP contribution in [0.3, 0.4) is 0 Å². The van der Waals surface area contributed by atoms with Gasteiger partial charge in [0.25, 0.3) is 0 Å². The number of nitrogens with one attached hydrogen (secondary N) is 1. The average Bonchev–Trinajstić information content (AvgIpc) is 2.83. The Hall–Kier alpha value is -1.46. The molecule has 0 amide bonds. The molecule has 4 nitrogen and oxygen atoms in total. The molecule has 1 aromatic heterocycles. The molecule has 0 saturated carbocycles. The molecule has 2 rings (SSSR count). The van der Waals surface area contributed by atoms with Gasteiger partial charge < -0.3 is 9.84 Å². The van der Waals surface area contributed by atoms with Crippen LogP contribution in [-0.4, -0.2) is 16.7 Å². The molecular weight excluding hydrogens is 245 g/mol. The summed E-state index contributed by atoms with van der Waals surface area (Å²) in [5.41, 5.74) is 0.736. The first-order valence-electron chi connectivity index (χ1n) is 5.16. The third-order valence-corrected chi connectivity index (χ3v) is 2.70. The van der Waals surface area contributed by atoms with Crippen molar-refractivity contribution < 1.29 is 8.91 Å². The van der Waals surface area contributed by atoms with E-state index in [1.807, 2.05) is 0 Å². The molecule has 0 spiro atoms. The number of halogens is 2. The van der Waals surface area contributed by atoms with Gasteiger partial charge in [0.1, 0.15) is 5.82 Å². The molecule has 0 radical (unpaired) electrons. The molecule has 0 aliphatic rings. The van der Waals surface area contributed by atoms with Crippen molar-refractivity contribution in [3.63, 3.8) is 0 Å². The number of rotatable bonds is 5. The summed E-state index contributed by atoms with van der Waals surface area (Å²) in [5.74, 6) is 0.243.